The molecular formula is C25H29F3N2O2S. The summed E-state index contributed by atoms with van der Waals surface area (Å²) in [6.45, 7) is 1.01. The minimum absolute atomic E-state index is 0.0388. The Bertz CT molecular complexity index is 926. The molecule has 1 fully saturated rings. The predicted molar refractivity (Wildman–Crippen MR) is 124 cm³/mol. The van der Waals surface area contributed by atoms with Gasteiger partial charge < -0.3 is 10.6 Å². The monoisotopic (exact) mass is 478 g/mol. The van der Waals surface area contributed by atoms with E-state index in [1.54, 1.807) is 12.1 Å². The summed E-state index contributed by atoms with van der Waals surface area (Å²) < 4.78 is 38.0. The van der Waals surface area contributed by atoms with Crippen molar-refractivity contribution < 1.29 is 22.8 Å². The van der Waals surface area contributed by atoms with Gasteiger partial charge in [0.15, 0.2) is 0 Å². The van der Waals surface area contributed by atoms with Crippen molar-refractivity contribution >= 4 is 23.6 Å². The number of rotatable bonds is 9. The quantitative estimate of drug-likeness (QED) is 0.470. The minimum Gasteiger partial charge on any atom is -0.355 e. The van der Waals surface area contributed by atoms with Crippen molar-refractivity contribution in [2.75, 3.05) is 18.8 Å². The molecule has 2 aromatic carbocycles. The first-order chi connectivity index (χ1) is 15.8. The molecule has 2 N–H and O–H groups in total. The molecule has 0 bridgehead atoms. The Morgan fingerprint density at radius 2 is 1.64 bits per heavy atom. The Balaban J connectivity index is 1.45. The number of carbonyl (C=O) groups is 2. The summed E-state index contributed by atoms with van der Waals surface area (Å²) in [7, 11) is 0. The molecule has 1 aliphatic carbocycles. The highest BCUT2D eigenvalue weighted by molar-refractivity contribution is 8.00. The van der Waals surface area contributed by atoms with Gasteiger partial charge in [-0.05, 0) is 55.0 Å². The number of benzene rings is 2. The van der Waals surface area contributed by atoms with Crippen molar-refractivity contribution in [2.45, 2.75) is 49.6 Å². The largest absolute Gasteiger partial charge is 0.416 e. The third kappa shape index (κ3) is 8.11. The first-order valence-corrected chi connectivity index (χ1v) is 12.2. The lowest BCUT2D eigenvalue weighted by atomic mass is 9.89. The molecule has 0 radical (unpaired) electrons. The smallest absolute Gasteiger partial charge is 0.355 e. The van der Waals surface area contributed by atoms with E-state index >= 15 is 0 Å². The van der Waals surface area contributed by atoms with Gasteiger partial charge >= 0.3 is 6.18 Å². The maximum atomic E-state index is 12.7. The van der Waals surface area contributed by atoms with Gasteiger partial charge in [-0.3, -0.25) is 9.59 Å². The lowest BCUT2D eigenvalue weighted by Gasteiger charge is -2.21. The molecule has 33 heavy (non-hydrogen) atoms. The second kappa shape index (κ2) is 12.1. The molecule has 2 amide bonds. The van der Waals surface area contributed by atoms with Crippen LogP contribution in [0.15, 0.2) is 53.4 Å². The molecule has 0 atom stereocenters. The zero-order valence-electron chi connectivity index (χ0n) is 18.4. The SMILES string of the molecule is O=C(CSc1ccccc1C(=O)NCCc1ccc(C(F)(F)F)cc1)NCC1CCCCC1. The Hall–Kier alpha value is -2.48. The molecule has 1 saturated carbocycles. The number of carbonyl (C=O) groups excluding carboxylic acids is 2. The molecule has 178 valence electrons. The lowest BCUT2D eigenvalue weighted by Crippen LogP contribution is -2.31. The van der Waals surface area contributed by atoms with Crippen LogP contribution in [0, 0.1) is 5.92 Å². The van der Waals surface area contributed by atoms with Crippen molar-refractivity contribution in [1.82, 2.24) is 10.6 Å². The van der Waals surface area contributed by atoms with Gasteiger partial charge in [0.1, 0.15) is 0 Å². The van der Waals surface area contributed by atoms with Crippen LogP contribution in [0.5, 0.6) is 0 Å². The number of hydrogen-bond donors (Lipinski definition) is 2. The fourth-order valence-corrected chi connectivity index (χ4v) is 4.78. The number of nitrogens with one attached hydrogen (secondary N) is 2. The Kier molecular flexibility index (Phi) is 9.23. The lowest BCUT2D eigenvalue weighted by molar-refractivity contribution is -0.137. The van der Waals surface area contributed by atoms with E-state index in [2.05, 4.69) is 10.6 Å². The zero-order valence-corrected chi connectivity index (χ0v) is 19.2. The maximum absolute atomic E-state index is 12.7. The van der Waals surface area contributed by atoms with E-state index in [0.717, 1.165) is 17.0 Å². The molecule has 1 aliphatic rings. The van der Waals surface area contributed by atoms with E-state index in [1.165, 1.54) is 56.0 Å². The van der Waals surface area contributed by atoms with Crippen LogP contribution >= 0.6 is 11.8 Å². The highest BCUT2D eigenvalue weighted by Gasteiger charge is 2.29. The van der Waals surface area contributed by atoms with Crippen LogP contribution in [0.25, 0.3) is 0 Å². The average molecular weight is 479 g/mol. The predicted octanol–water partition coefficient (Wildman–Crippen LogP) is 5.47. The number of alkyl halides is 3. The summed E-state index contributed by atoms with van der Waals surface area (Å²) in [5.41, 5.74) is 0.500. The fourth-order valence-electron chi connectivity index (χ4n) is 3.90. The highest BCUT2D eigenvalue weighted by Crippen LogP contribution is 2.29. The number of hydrogen-bond acceptors (Lipinski definition) is 3. The van der Waals surface area contributed by atoms with Crippen LogP contribution in [-0.2, 0) is 17.4 Å². The first kappa shape index (κ1) is 25.1. The van der Waals surface area contributed by atoms with Crippen molar-refractivity contribution in [1.29, 1.82) is 0 Å². The summed E-state index contributed by atoms with van der Waals surface area (Å²) in [5.74, 6) is 0.494. The van der Waals surface area contributed by atoms with Crippen LogP contribution in [0.4, 0.5) is 13.2 Å². The van der Waals surface area contributed by atoms with E-state index in [4.69, 9.17) is 0 Å². The molecule has 0 spiro atoms. The van der Waals surface area contributed by atoms with E-state index < -0.39 is 11.7 Å². The van der Waals surface area contributed by atoms with Crippen LogP contribution in [0.1, 0.15) is 53.6 Å². The van der Waals surface area contributed by atoms with E-state index in [1.807, 2.05) is 12.1 Å². The Morgan fingerprint density at radius 1 is 0.939 bits per heavy atom. The highest BCUT2D eigenvalue weighted by atomic mass is 32.2. The standard InChI is InChI=1S/C25H29F3N2O2S/c26-25(27,28)20-12-10-18(11-13-20)14-15-29-24(32)21-8-4-5-9-22(21)33-17-23(31)30-16-19-6-2-1-3-7-19/h4-5,8-13,19H,1-3,6-7,14-17H2,(H,29,32)(H,30,31). The van der Waals surface area contributed by atoms with Gasteiger partial charge in [-0.2, -0.15) is 13.2 Å². The van der Waals surface area contributed by atoms with Crippen molar-refractivity contribution in [3.63, 3.8) is 0 Å². The van der Waals surface area contributed by atoms with Crippen molar-refractivity contribution in [3.05, 3.63) is 65.2 Å². The Morgan fingerprint density at radius 3 is 2.33 bits per heavy atom. The summed E-state index contributed by atoms with van der Waals surface area (Å²) in [6, 6.07) is 12.0. The summed E-state index contributed by atoms with van der Waals surface area (Å²) in [6.07, 6.45) is 2.15. The number of halogens is 3. The summed E-state index contributed by atoms with van der Waals surface area (Å²) in [5, 5.41) is 5.82. The molecule has 3 rings (SSSR count). The molecule has 0 unspecified atom stereocenters. The third-order valence-corrected chi connectivity index (χ3v) is 6.86. The van der Waals surface area contributed by atoms with E-state index in [0.29, 0.717) is 36.6 Å². The maximum Gasteiger partial charge on any atom is 0.416 e. The molecule has 0 saturated heterocycles. The third-order valence-electron chi connectivity index (χ3n) is 5.78. The van der Waals surface area contributed by atoms with Crippen LogP contribution < -0.4 is 10.6 Å². The zero-order chi connectivity index (χ0) is 23.7. The van der Waals surface area contributed by atoms with Gasteiger partial charge in [-0.1, -0.05) is 43.5 Å². The summed E-state index contributed by atoms with van der Waals surface area (Å²) >= 11 is 1.32. The van der Waals surface area contributed by atoms with Crippen LogP contribution in [0.2, 0.25) is 0 Å². The fraction of sp³-hybridized carbons (Fsp3) is 0.440. The van der Waals surface area contributed by atoms with Gasteiger partial charge in [0.2, 0.25) is 5.91 Å². The minimum atomic E-state index is -4.36. The Labute approximate surface area is 196 Å². The van der Waals surface area contributed by atoms with E-state index in [-0.39, 0.29) is 17.6 Å². The topological polar surface area (TPSA) is 58.2 Å². The molecule has 0 heterocycles. The van der Waals surface area contributed by atoms with Crippen molar-refractivity contribution in [2.24, 2.45) is 5.92 Å². The van der Waals surface area contributed by atoms with Gasteiger partial charge in [0.25, 0.3) is 5.91 Å². The molecular weight excluding hydrogens is 449 g/mol. The van der Waals surface area contributed by atoms with Gasteiger partial charge in [-0.15, -0.1) is 11.8 Å². The van der Waals surface area contributed by atoms with Crippen molar-refractivity contribution in [3.8, 4) is 0 Å². The van der Waals surface area contributed by atoms with E-state index in [9.17, 15) is 22.8 Å². The normalized spacial score (nSPS) is 14.6. The molecule has 0 aliphatic heterocycles. The second-order valence-electron chi connectivity index (χ2n) is 8.29. The molecule has 0 aromatic heterocycles. The number of thioether (sulfide) groups is 1. The second-order valence-corrected chi connectivity index (χ2v) is 9.31. The molecule has 4 nitrogen and oxygen atoms in total. The van der Waals surface area contributed by atoms with Gasteiger partial charge in [-0.25, -0.2) is 0 Å². The summed E-state index contributed by atoms with van der Waals surface area (Å²) in [4.78, 5) is 25.6. The first-order valence-electron chi connectivity index (χ1n) is 11.3. The van der Waals surface area contributed by atoms with Gasteiger partial charge in [0, 0.05) is 18.0 Å². The van der Waals surface area contributed by atoms with Crippen LogP contribution in [-0.4, -0.2) is 30.7 Å². The molecule has 2 aromatic rings. The van der Waals surface area contributed by atoms with Gasteiger partial charge in [0.05, 0.1) is 16.9 Å². The number of amides is 2. The van der Waals surface area contributed by atoms with Crippen LogP contribution in [0.3, 0.4) is 0 Å². The molecule has 8 heteroatoms. The average Bonchev–Trinajstić information content (AvgIpc) is 2.82.